The Morgan fingerprint density at radius 2 is 2.00 bits per heavy atom. The van der Waals surface area contributed by atoms with E-state index in [1.165, 1.54) is 0 Å². The maximum Gasteiger partial charge on any atom is 0.410 e. The number of aromatic nitrogens is 1. The predicted octanol–water partition coefficient (Wildman–Crippen LogP) is 2.59. The number of nitrogens with zero attached hydrogens (tertiary/aromatic N) is 3. The van der Waals surface area contributed by atoms with Gasteiger partial charge in [-0.15, -0.1) is 0 Å². The first-order valence-corrected chi connectivity index (χ1v) is 8.31. The smallest absolute Gasteiger partial charge is 0.410 e. The van der Waals surface area contributed by atoms with Crippen LogP contribution < -0.4 is 0 Å². The number of carbonyl (C=O) groups excluding carboxylic acids is 2. The average Bonchev–Trinajstić information content (AvgIpc) is 2.90. The summed E-state index contributed by atoms with van der Waals surface area (Å²) in [6, 6.07) is 1.83. The molecule has 0 aliphatic carbocycles. The van der Waals surface area contributed by atoms with E-state index in [2.05, 4.69) is 5.16 Å². The minimum Gasteiger partial charge on any atom is -0.444 e. The zero-order valence-electron chi connectivity index (χ0n) is 15.2. The Balaban J connectivity index is 1.82. The number of likely N-dealkylation sites (tertiary alicyclic amines) is 1. The lowest BCUT2D eigenvalue weighted by molar-refractivity contribution is -0.136. The molecule has 134 valence electrons. The monoisotopic (exact) mass is 337 g/mol. The third-order valence-electron chi connectivity index (χ3n) is 3.95. The van der Waals surface area contributed by atoms with E-state index in [1.807, 2.05) is 33.8 Å². The van der Waals surface area contributed by atoms with Gasteiger partial charge in [0.05, 0.1) is 6.54 Å². The van der Waals surface area contributed by atoms with E-state index in [0.717, 1.165) is 11.5 Å². The first-order valence-electron chi connectivity index (χ1n) is 8.31. The molecule has 0 aromatic carbocycles. The summed E-state index contributed by atoms with van der Waals surface area (Å²) in [4.78, 5) is 28.0. The van der Waals surface area contributed by atoms with Crippen molar-refractivity contribution in [2.24, 2.45) is 5.92 Å². The van der Waals surface area contributed by atoms with Crippen molar-refractivity contribution in [2.75, 3.05) is 20.1 Å². The number of amides is 2. The van der Waals surface area contributed by atoms with Crippen LogP contribution in [0.3, 0.4) is 0 Å². The SMILES string of the molecule is Cc1cc(CN(C)C(=O)C2CCN(C(=O)OC(C)(C)C)CC2)no1. The van der Waals surface area contributed by atoms with E-state index in [1.54, 1.807) is 16.8 Å². The van der Waals surface area contributed by atoms with Gasteiger partial charge in [0.15, 0.2) is 0 Å². The van der Waals surface area contributed by atoms with E-state index < -0.39 is 5.60 Å². The number of aryl methyl sites for hydroxylation is 1. The van der Waals surface area contributed by atoms with Crippen molar-refractivity contribution < 1.29 is 18.8 Å². The summed E-state index contributed by atoms with van der Waals surface area (Å²) in [5.74, 6) is 0.748. The Labute approximate surface area is 142 Å². The number of carbonyl (C=O) groups is 2. The quantitative estimate of drug-likeness (QED) is 0.847. The third-order valence-corrected chi connectivity index (χ3v) is 3.95. The molecular formula is C17H27N3O4. The molecule has 2 amide bonds. The fourth-order valence-electron chi connectivity index (χ4n) is 2.76. The fourth-order valence-corrected chi connectivity index (χ4v) is 2.76. The first kappa shape index (κ1) is 18.3. The summed E-state index contributed by atoms with van der Waals surface area (Å²) >= 11 is 0. The number of ether oxygens (including phenoxy) is 1. The molecule has 7 heteroatoms. The maximum atomic E-state index is 12.5. The Kier molecular flexibility index (Phi) is 5.51. The Hall–Kier alpha value is -2.05. The molecule has 1 aliphatic heterocycles. The summed E-state index contributed by atoms with van der Waals surface area (Å²) in [5, 5.41) is 3.91. The predicted molar refractivity (Wildman–Crippen MR) is 88.2 cm³/mol. The highest BCUT2D eigenvalue weighted by Crippen LogP contribution is 2.22. The normalized spacial score (nSPS) is 16.1. The van der Waals surface area contributed by atoms with Crippen LogP contribution in [0, 0.1) is 12.8 Å². The molecule has 1 saturated heterocycles. The molecule has 0 unspecified atom stereocenters. The van der Waals surface area contributed by atoms with Gasteiger partial charge in [0, 0.05) is 32.1 Å². The van der Waals surface area contributed by atoms with Crippen molar-refractivity contribution >= 4 is 12.0 Å². The van der Waals surface area contributed by atoms with Gasteiger partial charge in [0.25, 0.3) is 0 Å². The van der Waals surface area contributed by atoms with Crippen LogP contribution in [-0.4, -0.2) is 52.7 Å². The van der Waals surface area contributed by atoms with Gasteiger partial charge in [0.1, 0.15) is 17.1 Å². The van der Waals surface area contributed by atoms with E-state index >= 15 is 0 Å². The molecule has 2 rings (SSSR count). The van der Waals surface area contributed by atoms with Crippen LogP contribution in [-0.2, 0) is 16.1 Å². The van der Waals surface area contributed by atoms with Gasteiger partial charge in [-0.05, 0) is 40.5 Å². The molecule has 7 nitrogen and oxygen atoms in total. The van der Waals surface area contributed by atoms with Crippen LogP contribution in [0.4, 0.5) is 4.79 Å². The Bertz CT molecular complexity index is 583. The van der Waals surface area contributed by atoms with Crippen LogP contribution in [0.15, 0.2) is 10.6 Å². The van der Waals surface area contributed by atoms with Crippen LogP contribution in [0.1, 0.15) is 45.1 Å². The third kappa shape index (κ3) is 4.97. The van der Waals surface area contributed by atoms with Crippen LogP contribution in [0.5, 0.6) is 0 Å². The molecule has 1 fully saturated rings. The van der Waals surface area contributed by atoms with Gasteiger partial charge in [0.2, 0.25) is 5.91 Å². The molecule has 1 aromatic heterocycles. The zero-order valence-corrected chi connectivity index (χ0v) is 15.2. The van der Waals surface area contributed by atoms with Gasteiger partial charge in [-0.3, -0.25) is 4.79 Å². The van der Waals surface area contributed by atoms with Crippen LogP contribution >= 0.6 is 0 Å². The highest BCUT2D eigenvalue weighted by atomic mass is 16.6. The molecule has 0 radical (unpaired) electrons. The lowest BCUT2D eigenvalue weighted by Gasteiger charge is -2.34. The zero-order chi connectivity index (χ0) is 17.9. The molecule has 0 saturated carbocycles. The molecule has 1 aromatic rings. The second kappa shape index (κ2) is 7.23. The van der Waals surface area contributed by atoms with Crippen molar-refractivity contribution in [3.05, 3.63) is 17.5 Å². The van der Waals surface area contributed by atoms with Crippen LogP contribution in [0.25, 0.3) is 0 Å². The minimum atomic E-state index is -0.500. The van der Waals surface area contributed by atoms with Gasteiger partial charge in [-0.2, -0.15) is 0 Å². The first-order chi connectivity index (χ1) is 11.2. The van der Waals surface area contributed by atoms with Crippen molar-refractivity contribution in [1.82, 2.24) is 15.0 Å². The lowest BCUT2D eigenvalue weighted by Crippen LogP contribution is -2.45. The summed E-state index contributed by atoms with van der Waals surface area (Å²) in [7, 11) is 1.77. The highest BCUT2D eigenvalue weighted by Gasteiger charge is 2.31. The largest absolute Gasteiger partial charge is 0.444 e. The summed E-state index contributed by atoms with van der Waals surface area (Å²) in [5.41, 5.74) is 0.245. The van der Waals surface area contributed by atoms with Crippen molar-refractivity contribution in [2.45, 2.75) is 52.7 Å². The molecule has 0 atom stereocenters. The number of hydrogen-bond acceptors (Lipinski definition) is 5. The van der Waals surface area contributed by atoms with Gasteiger partial charge >= 0.3 is 6.09 Å². The van der Waals surface area contributed by atoms with E-state index in [-0.39, 0.29) is 17.9 Å². The van der Waals surface area contributed by atoms with Crippen molar-refractivity contribution in [3.63, 3.8) is 0 Å². The molecule has 0 N–H and O–H groups in total. The fraction of sp³-hybridized carbons (Fsp3) is 0.706. The number of piperidine rings is 1. The maximum absolute atomic E-state index is 12.5. The average molecular weight is 337 g/mol. The van der Waals surface area contributed by atoms with Gasteiger partial charge < -0.3 is 19.1 Å². The van der Waals surface area contributed by atoms with Crippen molar-refractivity contribution in [1.29, 1.82) is 0 Å². The molecule has 0 bridgehead atoms. The van der Waals surface area contributed by atoms with Gasteiger partial charge in [-0.25, -0.2) is 4.79 Å². The number of hydrogen-bond donors (Lipinski definition) is 0. The molecular weight excluding hydrogens is 310 g/mol. The van der Waals surface area contributed by atoms with Gasteiger partial charge in [-0.1, -0.05) is 5.16 Å². The van der Waals surface area contributed by atoms with E-state index in [9.17, 15) is 9.59 Å². The summed E-state index contributed by atoms with van der Waals surface area (Å²) in [6.07, 6.45) is 1.00. The Morgan fingerprint density at radius 1 is 1.38 bits per heavy atom. The number of rotatable bonds is 3. The molecule has 2 heterocycles. The van der Waals surface area contributed by atoms with Crippen molar-refractivity contribution in [3.8, 4) is 0 Å². The summed E-state index contributed by atoms with van der Waals surface area (Å²) < 4.78 is 10.4. The van der Waals surface area contributed by atoms with E-state index in [4.69, 9.17) is 9.26 Å². The standard InChI is InChI=1S/C17H27N3O4/c1-12-10-14(18-24-12)11-19(5)15(21)13-6-8-20(9-7-13)16(22)23-17(2,3)4/h10,13H,6-9,11H2,1-5H3. The second-order valence-electron chi connectivity index (χ2n) is 7.36. The molecule has 1 aliphatic rings. The second-order valence-corrected chi connectivity index (χ2v) is 7.36. The molecule has 24 heavy (non-hydrogen) atoms. The Morgan fingerprint density at radius 3 is 2.50 bits per heavy atom. The molecule has 0 spiro atoms. The topological polar surface area (TPSA) is 75.9 Å². The highest BCUT2D eigenvalue weighted by molar-refractivity contribution is 5.79. The summed E-state index contributed by atoms with van der Waals surface area (Å²) in [6.45, 7) is 8.89. The van der Waals surface area contributed by atoms with E-state index in [0.29, 0.717) is 32.5 Å². The lowest BCUT2D eigenvalue weighted by atomic mass is 9.95. The van der Waals surface area contributed by atoms with Crippen LogP contribution in [0.2, 0.25) is 0 Å². The minimum absolute atomic E-state index is 0.0679.